The van der Waals surface area contributed by atoms with Gasteiger partial charge in [-0.2, -0.15) is 0 Å². The lowest BCUT2D eigenvalue weighted by Crippen LogP contribution is -2.40. The number of rotatable bonds is 3. The van der Waals surface area contributed by atoms with Gasteiger partial charge in [-0.15, -0.1) is 6.42 Å². The number of hydrogen-bond donors (Lipinski definition) is 0. The summed E-state index contributed by atoms with van der Waals surface area (Å²) in [5, 5.41) is 0. The highest BCUT2D eigenvalue weighted by Crippen LogP contribution is 2.14. The Morgan fingerprint density at radius 3 is 2.25 bits per heavy atom. The molecule has 92 valence electrons. The molecule has 1 amide bonds. The summed E-state index contributed by atoms with van der Waals surface area (Å²) < 4.78 is 5.26. The third-order valence-corrected chi connectivity index (χ3v) is 2.04. The average Bonchev–Trinajstić information content (AvgIpc) is 2.09. The molecule has 1 atom stereocenters. The normalized spacial score (nSPS) is 13.1. The van der Waals surface area contributed by atoms with Gasteiger partial charge in [-0.1, -0.05) is 19.8 Å². The Labute approximate surface area is 99.2 Å². The van der Waals surface area contributed by atoms with E-state index in [1.807, 2.05) is 20.8 Å². The molecule has 0 saturated heterocycles. The zero-order chi connectivity index (χ0) is 12.9. The van der Waals surface area contributed by atoms with Crippen molar-refractivity contribution in [2.75, 3.05) is 7.05 Å². The molecule has 0 aliphatic rings. The van der Waals surface area contributed by atoms with Crippen molar-refractivity contribution < 1.29 is 9.53 Å². The van der Waals surface area contributed by atoms with E-state index in [2.05, 4.69) is 19.8 Å². The average molecular weight is 225 g/mol. The van der Waals surface area contributed by atoms with Gasteiger partial charge in [0.05, 0.1) is 6.04 Å². The van der Waals surface area contributed by atoms with Crippen LogP contribution in [0.5, 0.6) is 0 Å². The van der Waals surface area contributed by atoms with Crippen LogP contribution in [-0.2, 0) is 4.74 Å². The second-order valence-corrected chi connectivity index (χ2v) is 5.40. The van der Waals surface area contributed by atoms with E-state index in [-0.39, 0.29) is 12.1 Å². The van der Waals surface area contributed by atoms with Crippen LogP contribution in [0.2, 0.25) is 0 Å². The monoisotopic (exact) mass is 225 g/mol. The van der Waals surface area contributed by atoms with E-state index in [1.54, 1.807) is 7.05 Å². The third-order valence-electron chi connectivity index (χ3n) is 2.04. The number of amides is 1. The summed E-state index contributed by atoms with van der Waals surface area (Å²) >= 11 is 0. The third kappa shape index (κ3) is 5.65. The fourth-order valence-corrected chi connectivity index (χ4v) is 1.25. The number of carbonyl (C=O) groups is 1. The zero-order valence-electron chi connectivity index (χ0n) is 11.2. The molecule has 3 heteroatoms. The molecular formula is C13H23NO2. The largest absolute Gasteiger partial charge is 0.444 e. The molecule has 0 spiro atoms. The van der Waals surface area contributed by atoms with Gasteiger partial charge in [-0.3, -0.25) is 4.90 Å². The number of ether oxygens (including phenoxy) is 1. The van der Waals surface area contributed by atoms with Crippen LogP contribution in [0.25, 0.3) is 0 Å². The lowest BCUT2D eigenvalue weighted by molar-refractivity contribution is 0.0249. The smallest absolute Gasteiger partial charge is 0.411 e. The van der Waals surface area contributed by atoms with Gasteiger partial charge in [0, 0.05) is 7.05 Å². The molecule has 16 heavy (non-hydrogen) atoms. The van der Waals surface area contributed by atoms with Gasteiger partial charge >= 0.3 is 6.09 Å². The van der Waals surface area contributed by atoms with Crippen LogP contribution in [0.15, 0.2) is 0 Å². The fraction of sp³-hybridized carbons (Fsp3) is 0.769. The first-order valence-corrected chi connectivity index (χ1v) is 5.59. The van der Waals surface area contributed by atoms with Crippen LogP contribution in [0.4, 0.5) is 4.79 Å². The zero-order valence-corrected chi connectivity index (χ0v) is 11.2. The second-order valence-electron chi connectivity index (χ2n) is 5.40. The highest BCUT2D eigenvalue weighted by atomic mass is 16.6. The van der Waals surface area contributed by atoms with Crippen molar-refractivity contribution in [3.8, 4) is 12.3 Å². The lowest BCUT2D eigenvalue weighted by atomic mass is 10.0. The minimum Gasteiger partial charge on any atom is -0.444 e. The van der Waals surface area contributed by atoms with Gasteiger partial charge in [0.1, 0.15) is 5.60 Å². The summed E-state index contributed by atoms with van der Waals surface area (Å²) in [6, 6.07) is -0.199. The van der Waals surface area contributed by atoms with Crippen molar-refractivity contribution in [2.45, 2.75) is 52.7 Å². The summed E-state index contributed by atoms with van der Waals surface area (Å²) in [7, 11) is 1.68. The molecule has 0 rings (SSSR count). The van der Waals surface area contributed by atoms with Crippen LogP contribution >= 0.6 is 0 Å². The van der Waals surface area contributed by atoms with Crippen molar-refractivity contribution in [2.24, 2.45) is 5.92 Å². The Balaban J connectivity index is 4.46. The van der Waals surface area contributed by atoms with Crippen LogP contribution in [0.3, 0.4) is 0 Å². The topological polar surface area (TPSA) is 29.5 Å². The van der Waals surface area contributed by atoms with Gasteiger partial charge in [-0.05, 0) is 33.1 Å². The van der Waals surface area contributed by atoms with E-state index < -0.39 is 5.60 Å². The predicted octanol–water partition coefficient (Wildman–Crippen LogP) is 2.90. The molecular weight excluding hydrogens is 202 g/mol. The molecule has 0 saturated carbocycles. The first-order valence-electron chi connectivity index (χ1n) is 5.59. The highest BCUT2D eigenvalue weighted by molar-refractivity contribution is 5.68. The quantitative estimate of drug-likeness (QED) is 0.691. The van der Waals surface area contributed by atoms with Gasteiger partial charge in [0.15, 0.2) is 0 Å². The summed E-state index contributed by atoms with van der Waals surface area (Å²) in [6.07, 6.45) is 5.84. The number of nitrogens with zero attached hydrogens (tertiary/aromatic N) is 1. The summed E-state index contributed by atoms with van der Waals surface area (Å²) in [4.78, 5) is 13.2. The summed E-state index contributed by atoms with van der Waals surface area (Å²) in [5.41, 5.74) is -0.484. The molecule has 0 radical (unpaired) electrons. The number of terminal acetylenes is 1. The first-order chi connectivity index (χ1) is 7.17. The van der Waals surface area contributed by atoms with Crippen molar-refractivity contribution in [3.05, 3.63) is 0 Å². The van der Waals surface area contributed by atoms with E-state index in [0.717, 1.165) is 6.42 Å². The predicted molar refractivity (Wildman–Crippen MR) is 66.1 cm³/mol. The van der Waals surface area contributed by atoms with Gasteiger partial charge in [-0.25, -0.2) is 4.79 Å². The molecule has 0 aromatic heterocycles. The highest BCUT2D eigenvalue weighted by Gasteiger charge is 2.24. The molecule has 0 heterocycles. The van der Waals surface area contributed by atoms with Gasteiger partial charge in [0.25, 0.3) is 0 Å². The van der Waals surface area contributed by atoms with Crippen LogP contribution in [-0.4, -0.2) is 29.7 Å². The number of carbonyl (C=O) groups excluding carboxylic acids is 1. The van der Waals surface area contributed by atoms with E-state index in [4.69, 9.17) is 11.2 Å². The minimum absolute atomic E-state index is 0.199. The molecule has 0 N–H and O–H groups in total. The van der Waals surface area contributed by atoms with E-state index >= 15 is 0 Å². The Hall–Kier alpha value is -1.17. The van der Waals surface area contributed by atoms with E-state index in [0.29, 0.717) is 5.92 Å². The molecule has 0 fully saturated rings. The molecule has 0 aliphatic heterocycles. The lowest BCUT2D eigenvalue weighted by Gasteiger charge is -2.28. The molecule has 0 aliphatic carbocycles. The Bertz CT molecular complexity index is 271. The van der Waals surface area contributed by atoms with Gasteiger partial charge in [0.2, 0.25) is 0 Å². The molecule has 3 nitrogen and oxygen atoms in total. The second kappa shape index (κ2) is 5.79. The fourth-order valence-electron chi connectivity index (χ4n) is 1.25. The van der Waals surface area contributed by atoms with Crippen LogP contribution in [0.1, 0.15) is 41.0 Å². The number of hydrogen-bond acceptors (Lipinski definition) is 2. The molecule has 0 aromatic carbocycles. The summed E-state index contributed by atoms with van der Waals surface area (Å²) in [5.74, 6) is 3.07. The van der Waals surface area contributed by atoms with E-state index in [9.17, 15) is 4.79 Å². The Morgan fingerprint density at radius 2 is 1.94 bits per heavy atom. The minimum atomic E-state index is -0.484. The van der Waals surface area contributed by atoms with Crippen molar-refractivity contribution in [3.63, 3.8) is 0 Å². The molecule has 0 unspecified atom stereocenters. The SMILES string of the molecule is C#C[C@H](CC(C)C)N(C)C(=O)OC(C)(C)C. The standard InChI is InChI=1S/C13H23NO2/c1-8-11(9-10(2)3)14(7)12(15)16-13(4,5)6/h1,10-11H,9H2,2-7H3/t11-/m1/s1. The van der Waals surface area contributed by atoms with Crippen LogP contribution < -0.4 is 0 Å². The maximum Gasteiger partial charge on any atom is 0.411 e. The van der Waals surface area contributed by atoms with Crippen molar-refractivity contribution in [1.82, 2.24) is 4.90 Å². The Morgan fingerprint density at radius 1 is 1.44 bits per heavy atom. The summed E-state index contributed by atoms with van der Waals surface area (Å²) in [6.45, 7) is 9.67. The maximum absolute atomic E-state index is 11.7. The first kappa shape index (κ1) is 14.8. The van der Waals surface area contributed by atoms with Crippen molar-refractivity contribution in [1.29, 1.82) is 0 Å². The molecule has 0 aromatic rings. The Kier molecular flexibility index (Phi) is 5.37. The maximum atomic E-state index is 11.7. The molecule has 0 bridgehead atoms. The van der Waals surface area contributed by atoms with Gasteiger partial charge < -0.3 is 4.74 Å². The van der Waals surface area contributed by atoms with Crippen LogP contribution in [0, 0.1) is 18.3 Å². The van der Waals surface area contributed by atoms with Crippen molar-refractivity contribution >= 4 is 6.09 Å². The van der Waals surface area contributed by atoms with E-state index in [1.165, 1.54) is 4.90 Å².